The van der Waals surface area contributed by atoms with Crippen LogP contribution in [-0.2, 0) is 4.79 Å². The molecule has 0 fully saturated rings. The third kappa shape index (κ3) is 11.8. The summed E-state index contributed by atoms with van der Waals surface area (Å²) in [5, 5.41) is 0. The van der Waals surface area contributed by atoms with Crippen molar-refractivity contribution in [3.05, 3.63) is 83.5 Å². The summed E-state index contributed by atoms with van der Waals surface area (Å²) in [7, 11) is 0. The zero-order chi connectivity index (χ0) is 30.2. The molecule has 1 aliphatic rings. The summed E-state index contributed by atoms with van der Waals surface area (Å²) in [5.41, 5.74) is 6.20. The number of hydrogen-bond acceptors (Lipinski definition) is 3. The molecule has 0 N–H and O–H groups in total. The number of ketones is 1. The molecule has 3 heteroatoms. The first-order valence-electron chi connectivity index (χ1n) is 15.7. The number of carbonyl (C=O) groups excluding carboxylic acids is 1. The molecule has 4 unspecified atom stereocenters. The summed E-state index contributed by atoms with van der Waals surface area (Å²) in [6, 6.07) is 0. The highest BCUT2D eigenvalue weighted by molar-refractivity contribution is 5.99. The molecule has 0 saturated carbocycles. The monoisotopic (exact) mass is 546 g/mol. The van der Waals surface area contributed by atoms with Gasteiger partial charge in [-0.2, -0.15) is 0 Å². The van der Waals surface area contributed by atoms with Crippen LogP contribution in [0.15, 0.2) is 88.5 Å². The van der Waals surface area contributed by atoms with E-state index < -0.39 is 0 Å². The van der Waals surface area contributed by atoms with E-state index in [0.29, 0.717) is 17.5 Å². The Hall–Kier alpha value is -2.68. The van der Waals surface area contributed by atoms with Gasteiger partial charge in [0.15, 0.2) is 5.78 Å². The van der Waals surface area contributed by atoms with Crippen molar-refractivity contribution in [2.24, 2.45) is 28.7 Å². The van der Waals surface area contributed by atoms with Crippen molar-refractivity contribution in [2.45, 2.75) is 114 Å². The van der Waals surface area contributed by atoms with Gasteiger partial charge in [0.1, 0.15) is 0 Å². The van der Waals surface area contributed by atoms with E-state index in [4.69, 9.17) is 4.99 Å². The van der Waals surface area contributed by atoms with Crippen LogP contribution in [0, 0.1) is 23.7 Å². The molecule has 0 bridgehead atoms. The molecule has 0 saturated heterocycles. The molecule has 0 aromatic heterocycles. The topological polar surface area (TPSA) is 32.7 Å². The van der Waals surface area contributed by atoms with Crippen LogP contribution in [0.1, 0.15) is 114 Å². The largest absolute Gasteiger partial charge is 0.324 e. The van der Waals surface area contributed by atoms with Crippen LogP contribution in [0.4, 0.5) is 0 Å². The SMILES string of the molecule is C=C1C=CC(C(=C/C(C)=O)/N=C(/C=C\C(=C/C)C(CCC)CCC(C)CC)C(C)CC)=CN1/C=C(/C)C(C)CC. The fraction of sp³-hybridized carbons (Fsp3) is 0.568. The van der Waals surface area contributed by atoms with Gasteiger partial charge in [0, 0.05) is 35.5 Å². The highest BCUT2D eigenvalue weighted by Crippen LogP contribution is 2.28. The zero-order valence-electron chi connectivity index (χ0n) is 27.4. The number of aliphatic imine (C=N–C) groups is 1. The van der Waals surface area contributed by atoms with Gasteiger partial charge >= 0.3 is 0 Å². The van der Waals surface area contributed by atoms with Gasteiger partial charge in [-0.25, -0.2) is 0 Å². The van der Waals surface area contributed by atoms with Gasteiger partial charge in [-0.1, -0.05) is 92.0 Å². The van der Waals surface area contributed by atoms with Gasteiger partial charge in [0.05, 0.1) is 5.70 Å². The lowest BCUT2D eigenvalue weighted by Gasteiger charge is -2.24. The predicted octanol–water partition coefficient (Wildman–Crippen LogP) is 10.9. The van der Waals surface area contributed by atoms with E-state index in [1.807, 2.05) is 18.4 Å². The van der Waals surface area contributed by atoms with Crippen LogP contribution in [0.3, 0.4) is 0 Å². The Morgan fingerprint density at radius 2 is 1.62 bits per heavy atom. The molecule has 40 heavy (non-hydrogen) atoms. The molecule has 1 rings (SSSR count). The highest BCUT2D eigenvalue weighted by atomic mass is 16.1. The van der Waals surface area contributed by atoms with Crippen molar-refractivity contribution in [1.29, 1.82) is 0 Å². The summed E-state index contributed by atoms with van der Waals surface area (Å²) in [5.74, 6) is 2.07. The highest BCUT2D eigenvalue weighted by Gasteiger charge is 2.16. The van der Waals surface area contributed by atoms with Crippen molar-refractivity contribution < 1.29 is 4.79 Å². The average Bonchev–Trinajstić information content (AvgIpc) is 2.94. The minimum atomic E-state index is -0.00925. The molecule has 4 atom stereocenters. The minimum Gasteiger partial charge on any atom is -0.324 e. The molecule has 3 nitrogen and oxygen atoms in total. The molecule has 1 aliphatic heterocycles. The van der Waals surface area contributed by atoms with Crippen LogP contribution in [0.2, 0.25) is 0 Å². The van der Waals surface area contributed by atoms with E-state index in [-0.39, 0.29) is 11.7 Å². The van der Waals surface area contributed by atoms with Gasteiger partial charge in [-0.05, 0) is 93.9 Å². The van der Waals surface area contributed by atoms with E-state index in [0.717, 1.165) is 35.7 Å². The van der Waals surface area contributed by atoms with E-state index in [1.54, 1.807) is 13.0 Å². The summed E-state index contributed by atoms with van der Waals surface area (Å²) in [4.78, 5) is 19.5. The number of carbonyl (C=O) groups is 1. The van der Waals surface area contributed by atoms with Gasteiger partial charge in [-0.3, -0.25) is 9.79 Å². The molecule has 0 spiro atoms. The molecular weight excluding hydrogens is 488 g/mol. The molecule has 0 aromatic carbocycles. The molecule has 222 valence electrons. The van der Waals surface area contributed by atoms with Crippen molar-refractivity contribution >= 4 is 11.5 Å². The van der Waals surface area contributed by atoms with Crippen LogP contribution in [0.5, 0.6) is 0 Å². The number of nitrogens with zero attached hydrogens (tertiary/aromatic N) is 2. The molecule has 0 aromatic rings. The summed E-state index contributed by atoms with van der Waals surface area (Å²) in [6.45, 7) is 25.9. The third-order valence-electron chi connectivity index (χ3n) is 8.39. The lowest BCUT2D eigenvalue weighted by atomic mass is 9.86. The maximum absolute atomic E-state index is 12.3. The summed E-state index contributed by atoms with van der Waals surface area (Å²) >= 11 is 0. The van der Waals surface area contributed by atoms with Crippen molar-refractivity contribution in [1.82, 2.24) is 4.90 Å². The Balaban J connectivity index is 3.50. The predicted molar refractivity (Wildman–Crippen MR) is 177 cm³/mol. The third-order valence-corrected chi connectivity index (χ3v) is 8.39. The molecular formula is C37H58N2O. The second kappa shape index (κ2) is 18.6. The van der Waals surface area contributed by atoms with Gasteiger partial charge in [-0.15, -0.1) is 0 Å². The second-order valence-corrected chi connectivity index (χ2v) is 11.7. The zero-order valence-corrected chi connectivity index (χ0v) is 27.4. The minimum absolute atomic E-state index is 0.00925. The van der Waals surface area contributed by atoms with Gasteiger partial charge in [0.25, 0.3) is 0 Å². The van der Waals surface area contributed by atoms with Crippen molar-refractivity contribution in [3.8, 4) is 0 Å². The Labute approximate surface area is 247 Å². The molecule has 0 aliphatic carbocycles. The van der Waals surface area contributed by atoms with Gasteiger partial charge in [0.2, 0.25) is 0 Å². The lowest BCUT2D eigenvalue weighted by molar-refractivity contribution is -0.112. The lowest BCUT2D eigenvalue weighted by Crippen LogP contribution is -2.14. The van der Waals surface area contributed by atoms with E-state index in [1.165, 1.54) is 43.3 Å². The Kier molecular flexibility index (Phi) is 16.5. The summed E-state index contributed by atoms with van der Waals surface area (Å²) in [6.07, 6.45) is 24.8. The van der Waals surface area contributed by atoms with Crippen LogP contribution >= 0.6 is 0 Å². The fourth-order valence-electron chi connectivity index (χ4n) is 4.69. The average molecular weight is 547 g/mol. The quantitative estimate of drug-likeness (QED) is 0.103. The molecule has 0 radical (unpaired) electrons. The fourth-order valence-corrected chi connectivity index (χ4v) is 4.69. The summed E-state index contributed by atoms with van der Waals surface area (Å²) < 4.78 is 0. The van der Waals surface area contributed by atoms with Crippen LogP contribution in [-0.4, -0.2) is 16.4 Å². The van der Waals surface area contributed by atoms with E-state index in [9.17, 15) is 4.79 Å². The molecule has 1 heterocycles. The smallest absolute Gasteiger partial charge is 0.154 e. The van der Waals surface area contributed by atoms with Crippen LogP contribution < -0.4 is 0 Å². The van der Waals surface area contributed by atoms with Gasteiger partial charge < -0.3 is 4.90 Å². The maximum atomic E-state index is 12.3. The van der Waals surface area contributed by atoms with E-state index in [2.05, 4.69) is 98.2 Å². The first-order valence-corrected chi connectivity index (χ1v) is 15.7. The Morgan fingerprint density at radius 1 is 0.950 bits per heavy atom. The van der Waals surface area contributed by atoms with Crippen molar-refractivity contribution in [2.75, 3.05) is 0 Å². The molecule has 0 amide bonds. The number of hydrogen-bond donors (Lipinski definition) is 0. The normalized spacial score (nSPS) is 18.7. The van der Waals surface area contributed by atoms with Crippen LogP contribution in [0.25, 0.3) is 0 Å². The first kappa shape index (κ1) is 35.3. The van der Waals surface area contributed by atoms with Crippen molar-refractivity contribution in [3.63, 3.8) is 0 Å². The Bertz CT molecular complexity index is 1050. The number of allylic oxidation sites excluding steroid dienone is 8. The second-order valence-electron chi connectivity index (χ2n) is 11.7. The standard InChI is InChI=1S/C37H58N2O/c1-12-17-34(20-18-27(6)13-2)33(16-5)22-23-36(29(8)15-4)38-37(24-32(11)40)35-21-19-31(10)39(26-35)25-30(9)28(7)14-3/h16,19,21-29,34H,10,12-15,17-18,20H2,1-9,11H3/b23-22-,30-25-,33-16+,37-24-,38-36-. The van der Waals surface area contributed by atoms with E-state index >= 15 is 0 Å². The number of rotatable bonds is 17. The Morgan fingerprint density at radius 3 is 2.17 bits per heavy atom. The maximum Gasteiger partial charge on any atom is 0.154 e. The first-order chi connectivity index (χ1) is 19.0.